The molecule has 0 heterocycles. The Morgan fingerprint density at radius 3 is 2.41 bits per heavy atom. The van der Waals surface area contributed by atoms with Gasteiger partial charge < -0.3 is 15.6 Å². The maximum Gasteiger partial charge on any atom is 0.123 e. The number of rotatable bonds is 8. The van der Waals surface area contributed by atoms with E-state index in [1.54, 1.807) is 0 Å². The van der Waals surface area contributed by atoms with Crippen LogP contribution in [0.5, 0.6) is 5.75 Å². The molecule has 0 aliphatic heterocycles. The van der Waals surface area contributed by atoms with E-state index in [1.165, 1.54) is 11.1 Å². The lowest BCUT2D eigenvalue weighted by Crippen LogP contribution is -2.19. The van der Waals surface area contributed by atoms with Gasteiger partial charge in [-0.1, -0.05) is 46.8 Å². The average molecular weight is 307 g/mol. The molecule has 0 spiro atoms. The van der Waals surface area contributed by atoms with E-state index in [1.807, 2.05) is 0 Å². The minimum atomic E-state index is 0.0482. The highest BCUT2D eigenvalue weighted by atomic mass is 16.5. The third-order valence-electron chi connectivity index (χ3n) is 3.86. The minimum Gasteiger partial charge on any atom is -0.493 e. The largest absolute Gasteiger partial charge is 0.493 e. The van der Waals surface area contributed by atoms with Crippen molar-refractivity contribution in [1.29, 1.82) is 0 Å². The van der Waals surface area contributed by atoms with E-state index >= 15 is 0 Å². The fourth-order valence-electron chi connectivity index (χ4n) is 2.36. The van der Waals surface area contributed by atoms with Gasteiger partial charge in [-0.15, -0.1) is 0 Å². The van der Waals surface area contributed by atoms with E-state index in [9.17, 15) is 5.11 Å². The Balaban J connectivity index is 2.90. The molecule has 3 N–H and O–H groups in total. The first kappa shape index (κ1) is 19.0. The van der Waals surface area contributed by atoms with Crippen molar-refractivity contribution >= 4 is 0 Å². The van der Waals surface area contributed by atoms with Crippen molar-refractivity contribution in [3.05, 3.63) is 29.3 Å². The number of aryl methyl sites for hydroxylation is 1. The summed E-state index contributed by atoms with van der Waals surface area (Å²) in [4.78, 5) is 0. The van der Waals surface area contributed by atoms with Crippen LogP contribution in [-0.4, -0.2) is 24.9 Å². The molecule has 22 heavy (non-hydrogen) atoms. The molecule has 0 saturated carbocycles. The normalized spacial score (nSPS) is 13.5. The van der Waals surface area contributed by atoms with Crippen LogP contribution in [0.15, 0.2) is 18.2 Å². The predicted molar refractivity (Wildman–Crippen MR) is 93.4 cm³/mol. The molecule has 0 saturated heterocycles. The molecule has 1 atom stereocenters. The summed E-state index contributed by atoms with van der Waals surface area (Å²) in [7, 11) is 0. The van der Waals surface area contributed by atoms with E-state index in [2.05, 4.69) is 52.8 Å². The summed E-state index contributed by atoms with van der Waals surface area (Å²) < 4.78 is 5.99. The molecule has 1 aromatic carbocycles. The van der Waals surface area contributed by atoms with Gasteiger partial charge in [0.1, 0.15) is 5.75 Å². The van der Waals surface area contributed by atoms with Gasteiger partial charge >= 0.3 is 0 Å². The number of nitrogens with two attached hydrogens (primary N) is 1. The first-order chi connectivity index (χ1) is 10.3. The van der Waals surface area contributed by atoms with E-state index in [4.69, 9.17) is 10.5 Å². The fraction of sp³-hybridized carbons (Fsp3) is 0.684. The minimum absolute atomic E-state index is 0.0482. The Bertz CT molecular complexity index is 445. The highest BCUT2D eigenvalue weighted by Gasteiger charge is 2.20. The van der Waals surface area contributed by atoms with Crippen molar-refractivity contribution in [1.82, 2.24) is 0 Å². The van der Waals surface area contributed by atoms with Gasteiger partial charge in [-0.05, 0) is 53.8 Å². The van der Waals surface area contributed by atoms with Crippen LogP contribution in [0.25, 0.3) is 0 Å². The summed E-state index contributed by atoms with van der Waals surface area (Å²) in [5.41, 5.74) is 8.24. The van der Waals surface area contributed by atoms with Crippen molar-refractivity contribution in [3.63, 3.8) is 0 Å². The van der Waals surface area contributed by atoms with Crippen LogP contribution < -0.4 is 10.5 Å². The zero-order chi connectivity index (χ0) is 16.8. The number of benzene rings is 1. The monoisotopic (exact) mass is 307 g/mol. The first-order valence-electron chi connectivity index (χ1n) is 8.35. The molecule has 0 aromatic heterocycles. The zero-order valence-electron chi connectivity index (χ0n) is 14.9. The van der Waals surface area contributed by atoms with Gasteiger partial charge in [0.05, 0.1) is 6.61 Å². The summed E-state index contributed by atoms with van der Waals surface area (Å²) in [6, 6.07) is 6.48. The summed E-state index contributed by atoms with van der Waals surface area (Å²) in [5.74, 6) is 1.69. The number of aliphatic hydroxyl groups is 1. The van der Waals surface area contributed by atoms with Crippen LogP contribution in [-0.2, 0) is 11.8 Å². The quantitative estimate of drug-likeness (QED) is 0.772. The van der Waals surface area contributed by atoms with Crippen molar-refractivity contribution in [2.75, 3.05) is 19.8 Å². The van der Waals surface area contributed by atoms with Crippen LogP contribution in [0, 0.1) is 11.8 Å². The topological polar surface area (TPSA) is 55.5 Å². The summed E-state index contributed by atoms with van der Waals surface area (Å²) in [6.45, 7) is 12.4. The molecule has 3 nitrogen and oxygen atoms in total. The molecule has 0 aliphatic carbocycles. The van der Waals surface area contributed by atoms with Gasteiger partial charge in [0, 0.05) is 6.61 Å². The SMILES string of the molecule is CC(C)COc1ccc(CCC(CN)CO)cc1C(C)(C)C. The molecule has 0 aliphatic rings. The lowest BCUT2D eigenvalue weighted by Gasteiger charge is -2.24. The third kappa shape index (κ3) is 5.98. The molecule has 1 rings (SSSR count). The Kier molecular flexibility index (Phi) is 7.37. The van der Waals surface area contributed by atoms with Crippen LogP contribution in [0.2, 0.25) is 0 Å². The predicted octanol–water partition coefficient (Wildman–Crippen LogP) is 3.52. The number of aliphatic hydroxyl groups excluding tert-OH is 1. The Hall–Kier alpha value is -1.06. The van der Waals surface area contributed by atoms with Gasteiger partial charge in [0.2, 0.25) is 0 Å². The molecule has 0 bridgehead atoms. The third-order valence-corrected chi connectivity index (χ3v) is 3.86. The van der Waals surface area contributed by atoms with Crippen LogP contribution in [0.3, 0.4) is 0 Å². The van der Waals surface area contributed by atoms with Crippen molar-refractivity contribution in [2.24, 2.45) is 17.6 Å². The maximum atomic E-state index is 9.25. The Labute approximate surface area is 135 Å². The van der Waals surface area contributed by atoms with Crippen LogP contribution >= 0.6 is 0 Å². The molecule has 126 valence electrons. The van der Waals surface area contributed by atoms with Crippen LogP contribution in [0.1, 0.15) is 52.2 Å². The van der Waals surface area contributed by atoms with Crippen molar-refractivity contribution in [3.8, 4) is 5.75 Å². The lowest BCUT2D eigenvalue weighted by molar-refractivity contribution is 0.223. The smallest absolute Gasteiger partial charge is 0.123 e. The molecule has 0 amide bonds. The zero-order valence-corrected chi connectivity index (χ0v) is 14.9. The molecule has 3 heteroatoms. The molecular weight excluding hydrogens is 274 g/mol. The molecule has 0 fully saturated rings. The van der Waals surface area contributed by atoms with Gasteiger partial charge in [0.15, 0.2) is 0 Å². The standard InChI is InChI=1S/C19H33NO2/c1-14(2)13-22-18-9-8-15(6-7-16(11-20)12-21)10-17(18)19(3,4)5/h8-10,14,16,21H,6-7,11-13,20H2,1-5H3. The van der Waals surface area contributed by atoms with Crippen molar-refractivity contribution < 1.29 is 9.84 Å². The van der Waals surface area contributed by atoms with E-state index in [-0.39, 0.29) is 17.9 Å². The second kappa shape index (κ2) is 8.54. The number of ether oxygens (including phenoxy) is 1. The maximum absolute atomic E-state index is 9.25. The number of hydrogen-bond donors (Lipinski definition) is 2. The molecule has 1 unspecified atom stereocenters. The van der Waals surface area contributed by atoms with Gasteiger partial charge in [-0.3, -0.25) is 0 Å². The van der Waals surface area contributed by atoms with Gasteiger partial charge in [0.25, 0.3) is 0 Å². The van der Waals surface area contributed by atoms with Crippen molar-refractivity contribution in [2.45, 2.75) is 52.9 Å². The number of hydrogen-bond acceptors (Lipinski definition) is 3. The second-order valence-corrected chi connectivity index (χ2v) is 7.61. The average Bonchev–Trinajstić information content (AvgIpc) is 2.45. The Morgan fingerprint density at radius 1 is 1.23 bits per heavy atom. The summed E-state index contributed by atoms with van der Waals surface area (Å²) in [5, 5.41) is 9.25. The Morgan fingerprint density at radius 2 is 1.91 bits per heavy atom. The lowest BCUT2D eigenvalue weighted by atomic mass is 9.84. The van der Waals surface area contributed by atoms with Crippen LogP contribution in [0.4, 0.5) is 0 Å². The summed E-state index contributed by atoms with van der Waals surface area (Å²) in [6.07, 6.45) is 1.86. The highest BCUT2D eigenvalue weighted by molar-refractivity contribution is 5.41. The van der Waals surface area contributed by atoms with Gasteiger partial charge in [-0.2, -0.15) is 0 Å². The molecular formula is C19H33NO2. The summed E-state index contributed by atoms with van der Waals surface area (Å²) >= 11 is 0. The molecule has 0 radical (unpaired) electrons. The van der Waals surface area contributed by atoms with E-state index in [0.717, 1.165) is 25.2 Å². The highest BCUT2D eigenvalue weighted by Crippen LogP contribution is 2.33. The van der Waals surface area contributed by atoms with E-state index < -0.39 is 0 Å². The van der Waals surface area contributed by atoms with E-state index in [0.29, 0.717) is 12.5 Å². The second-order valence-electron chi connectivity index (χ2n) is 7.61. The molecule has 1 aromatic rings. The fourth-order valence-corrected chi connectivity index (χ4v) is 2.36. The van der Waals surface area contributed by atoms with Gasteiger partial charge in [-0.25, -0.2) is 0 Å². The first-order valence-corrected chi connectivity index (χ1v) is 8.35.